The highest BCUT2D eigenvalue weighted by Crippen LogP contribution is 2.14. The van der Waals surface area contributed by atoms with Gasteiger partial charge in [-0.25, -0.2) is 4.68 Å². The summed E-state index contributed by atoms with van der Waals surface area (Å²) in [6.45, 7) is 6.32. The summed E-state index contributed by atoms with van der Waals surface area (Å²) in [6, 6.07) is 12.9. The third-order valence-electron chi connectivity index (χ3n) is 4.28. The first-order valence-corrected chi connectivity index (χ1v) is 8.70. The topological polar surface area (TPSA) is 67.6 Å². The SMILES string of the molecule is C[C@@H]1CN(C[C@@H](O)Cn2nc(-c3ccccc3)ccc2=O)C[C@H](C)O1. The molecule has 25 heavy (non-hydrogen) atoms. The van der Waals surface area contributed by atoms with Crippen LogP contribution in [0.15, 0.2) is 47.3 Å². The Hall–Kier alpha value is -2.02. The van der Waals surface area contributed by atoms with Crippen LogP contribution in [0.2, 0.25) is 0 Å². The van der Waals surface area contributed by atoms with E-state index in [1.807, 2.05) is 44.2 Å². The molecule has 1 saturated heterocycles. The quantitative estimate of drug-likeness (QED) is 0.888. The molecule has 3 rings (SSSR count). The number of benzene rings is 1. The Morgan fingerprint density at radius 2 is 1.80 bits per heavy atom. The molecule has 6 nitrogen and oxygen atoms in total. The second kappa shape index (κ2) is 7.91. The summed E-state index contributed by atoms with van der Waals surface area (Å²) < 4.78 is 7.06. The van der Waals surface area contributed by atoms with Crippen LogP contribution in [0.25, 0.3) is 11.3 Å². The summed E-state index contributed by atoms with van der Waals surface area (Å²) in [4.78, 5) is 14.3. The van der Waals surface area contributed by atoms with E-state index in [0.29, 0.717) is 6.54 Å². The van der Waals surface area contributed by atoms with Gasteiger partial charge in [0.2, 0.25) is 0 Å². The van der Waals surface area contributed by atoms with E-state index in [1.54, 1.807) is 6.07 Å². The Morgan fingerprint density at radius 3 is 2.48 bits per heavy atom. The van der Waals surface area contributed by atoms with E-state index in [-0.39, 0.29) is 24.3 Å². The zero-order valence-electron chi connectivity index (χ0n) is 14.7. The first kappa shape index (κ1) is 17.8. The third kappa shape index (κ3) is 4.75. The fraction of sp³-hybridized carbons (Fsp3) is 0.474. The van der Waals surface area contributed by atoms with Crippen molar-refractivity contribution in [1.29, 1.82) is 0 Å². The predicted molar refractivity (Wildman–Crippen MR) is 96.4 cm³/mol. The summed E-state index contributed by atoms with van der Waals surface area (Å²) in [5.41, 5.74) is 1.46. The molecule has 0 amide bonds. The lowest BCUT2D eigenvalue weighted by molar-refractivity contribution is -0.0774. The van der Waals surface area contributed by atoms with E-state index in [2.05, 4.69) is 10.00 Å². The standard InChI is InChI=1S/C19H25N3O3/c1-14-10-21(11-15(2)25-14)12-17(23)13-22-19(24)9-8-18(20-22)16-6-4-3-5-7-16/h3-9,14-15,17,23H,10-13H2,1-2H3/t14-,15+,17-/m1/s1. The molecule has 0 aliphatic carbocycles. The van der Waals surface area contributed by atoms with E-state index in [0.717, 1.165) is 24.3 Å². The fourth-order valence-electron chi connectivity index (χ4n) is 3.33. The maximum atomic E-state index is 12.1. The summed E-state index contributed by atoms with van der Waals surface area (Å²) in [6.07, 6.45) is -0.356. The van der Waals surface area contributed by atoms with Crippen molar-refractivity contribution in [3.63, 3.8) is 0 Å². The number of ether oxygens (including phenoxy) is 1. The van der Waals surface area contributed by atoms with Gasteiger partial charge in [0, 0.05) is 31.3 Å². The predicted octanol–water partition coefficient (Wildman–Crippen LogP) is 1.38. The minimum absolute atomic E-state index is 0.151. The molecule has 0 bridgehead atoms. The highest BCUT2D eigenvalue weighted by Gasteiger charge is 2.24. The second-order valence-electron chi connectivity index (χ2n) is 6.73. The molecule has 6 heteroatoms. The largest absolute Gasteiger partial charge is 0.390 e. The summed E-state index contributed by atoms with van der Waals surface area (Å²) >= 11 is 0. The van der Waals surface area contributed by atoms with Gasteiger partial charge in [0.15, 0.2) is 0 Å². The first-order chi connectivity index (χ1) is 12.0. The van der Waals surface area contributed by atoms with Gasteiger partial charge >= 0.3 is 0 Å². The van der Waals surface area contributed by atoms with Crippen molar-refractivity contribution in [2.75, 3.05) is 19.6 Å². The third-order valence-corrected chi connectivity index (χ3v) is 4.28. The van der Waals surface area contributed by atoms with Crippen LogP contribution >= 0.6 is 0 Å². The van der Waals surface area contributed by atoms with Crippen LogP contribution in [0.5, 0.6) is 0 Å². The molecule has 0 radical (unpaired) electrons. The molecule has 1 fully saturated rings. The average molecular weight is 343 g/mol. The van der Waals surface area contributed by atoms with Crippen LogP contribution < -0.4 is 5.56 Å². The van der Waals surface area contributed by atoms with Crippen LogP contribution in [0.4, 0.5) is 0 Å². The van der Waals surface area contributed by atoms with Crippen molar-refractivity contribution in [1.82, 2.24) is 14.7 Å². The van der Waals surface area contributed by atoms with Gasteiger partial charge < -0.3 is 9.84 Å². The normalized spacial score (nSPS) is 22.7. The number of hydrogen-bond donors (Lipinski definition) is 1. The van der Waals surface area contributed by atoms with Gasteiger partial charge in [-0.2, -0.15) is 5.10 Å². The number of morpholine rings is 1. The monoisotopic (exact) mass is 343 g/mol. The molecule has 2 heterocycles. The van der Waals surface area contributed by atoms with Crippen molar-refractivity contribution >= 4 is 0 Å². The molecule has 2 aromatic rings. The van der Waals surface area contributed by atoms with E-state index < -0.39 is 6.10 Å². The number of aliphatic hydroxyl groups excluding tert-OH is 1. The Balaban J connectivity index is 1.68. The fourth-order valence-corrected chi connectivity index (χ4v) is 3.33. The van der Waals surface area contributed by atoms with Crippen molar-refractivity contribution in [3.05, 3.63) is 52.8 Å². The lowest BCUT2D eigenvalue weighted by Gasteiger charge is -2.36. The zero-order valence-corrected chi connectivity index (χ0v) is 14.7. The summed E-state index contributed by atoms with van der Waals surface area (Å²) in [5, 5.41) is 14.8. The molecular formula is C19H25N3O3. The Morgan fingerprint density at radius 1 is 1.12 bits per heavy atom. The zero-order chi connectivity index (χ0) is 17.8. The van der Waals surface area contributed by atoms with E-state index >= 15 is 0 Å². The van der Waals surface area contributed by atoms with Gasteiger partial charge in [-0.05, 0) is 19.9 Å². The molecule has 3 atom stereocenters. The number of hydrogen-bond acceptors (Lipinski definition) is 5. The Bertz CT molecular complexity index is 737. The van der Waals surface area contributed by atoms with E-state index in [9.17, 15) is 9.90 Å². The maximum Gasteiger partial charge on any atom is 0.266 e. The van der Waals surface area contributed by atoms with Gasteiger partial charge in [-0.3, -0.25) is 9.69 Å². The molecule has 1 N–H and O–H groups in total. The van der Waals surface area contributed by atoms with Gasteiger partial charge in [-0.1, -0.05) is 30.3 Å². The smallest absolute Gasteiger partial charge is 0.266 e. The molecule has 134 valence electrons. The van der Waals surface area contributed by atoms with Crippen molar-refractivity contribution in [2.24, 2.45) is 0 Å². The van der Waals surface area contributed by atoms with Gasteiger partial charge in [0.1, 0.15) is 0 Å². The van der Waals surface area contributed by atoms with Crippen molar-refractivity contribution in [3.8, 4) is 11.3 Å². The highest BCUT2D eigenvalue weighted by molar-refractivity contribution is 5.57. The van der Waals surface area contributed by atoms with Crippen LogP contribution in [-0.2, 0) is 11.3 Å². The maximum absolute atomic E-state index is 12.1. The molecule has 1 aliphatic heterocycles. The van der Waals surface area contributed by atoms with E-state index in [4.69, 9.17) is 4.74 Å². The number of aliphatic hydroxyl groups is 1. The minimum atomic E-state index is -0.659. The molecule has 1 aromatic heterocycles. The van der Waals surface area contributed by atoms with Crippen LogP contribution in [0, 0.1) is 0 Å². The van der Waals surface area contributed by atoms with E-state index in [1.165, 1.54) is 10.7 Å². The molecule has 1 aliphatic rings. The molecular weight excluding hydrogens is 318 g/mol. The van der Waals surface area contributed by atoms with Crippen molar-refractivity contribution < 1.29 is 9.84 Å². The first-order valence-electron chi connectivity index (χ1n) is 8.70. The molecule has 0 spiro atoms. The van der Waals surface area contributed by atoms with Crippen LogP contribution in [0.1, 0.15) is 13.8 Å². The number of nitrogens with zero attached hydrogens (tertiary/aromatic N) is 3. The van der Waals surface area contributed by atoms with Gasteiger partial charge in [0.25, 0.3) is 5.56 Å². The summed E-state index contributed by atoms with van der Waals surface area (Å²) in [5.74, 6) is 0. The minimum Gasteiger partial charge on any atom is -0.390 e. The molecule has 0 unspecified atom stereocenters. The summed E-state index contributed by atoms with van der Waals surface area (Å²) in [7, 11) is 0. The molecule has 1 aromatic carbocycles. The number of β-amino-alcohol motifs (C(OH)–C–C–N with tert-alkyl or cyclic N) is 1. The number of rotatable bonds is 5. The highest BCUT2D eigenvalue weighted by atomic mass is 16.5. The van der Waals surface area contributed by atoms with Crippen LogP contribution in [-0.4, -0.2) is 57.7 Å². The van der Waals surface area contributed by atoms with Gasteiger partial charge in [0.05, 0.1) is 30.6 Å². The lowest BCUT2D eigenvalue weighted by Crippen LogP contribution is -2.48. The average Bonchev–Trinajstić information content (AvgIpc) is 2.56. The molecule has 0 saturated carbocycles. The second-order valence-corrected chi connectivity index (χ2v) is 6.73. The Kier molecular flexibility index (Phi) is 5.63. The lowest BCUT2D eigenvalue weighted by atomic mass is 10.1. The van der Waals surface area contributed by atoms with Crippen molar-refractivity contribution in [2.45, 2.75) is 38.7 Å². The van der Waals surface area contributed by atoms with Crippen LogP contribution in [0.3, 0.4) is 0 Å². The Labute approximate surface area is 147 Å². The number of aromatic nitrogens is 2. The van der Waals surface area contributed by atoms with Gasteiger partial charge in [-0.15, -0.1) is 0 Å².